The molecule has 6 nitrogen and oxygen atoms in total. The summed E-state index contributed by atoms with van der Waals surface area (Å²) in [7, 11) is 0. The minimum Gasteiger partial charge on any atom is -0.333 e. The van der Waals surface area contributed by atoms with E-state index >= 15 is 0 Å². The molecule has 24 heavy (non-hydrogen) atoms. The number of halogens is 1. The number of carbonyl (C=O) groups excluding carboxylic acids is 1. The maximum atomic E-state index is 12.8. The van der Waals surface area contributed by atoms with E-state index in [-0.39, 0.29) is 17.8 Å². The number of nitrogens with two attached hydrogens (primary N) is 1. The molecule has 1 saturated heterocycles. The van der Waals surface area contributed by atoms with Crippen LogP contribution in [0.1, 0.15) is 36.7 Å². The number of benzene rings is 1. The molecule has 0 spiro atoms. The van der Waals surface area contributed by atoms with Crippen LogP contribution in [0.4, 0.5) is 0 Å². The number of carbonyl (C=O) groups is 1. The molecule has 2 aromatic rings. The fourth-order valence-electron chi connectivity index (χ4n) is 3.20. The Kier molecular flexibility index (Phi) is 4.87. The number of aryl methyl sites for hydroxylation is 1. The average Bonchev–Trinajstić information content (AvgIpc) is 3.18. The zero-order chi connectivity index (χ0) is 17.3. The predicted octanol–water partition coefficient (Wildman–Crippen LogP) is 2.29. The van der Waals surface area contributed by atoms with E-state index in [0.717, 1.165) is 12.1 Å². The van der Waals surface area contributed by atoms with Crippen LogP contribution in [-0.2, 0) is 6.42 Å². The largest absolute Gasteiger partial charge is 0.333 e. The van der Waals surface area contributed by atoms with Crippen LogP contribution in [0.15, 0.2) is 24.3 Å². The van der Waals surface area contributed by atoms with Gasteiger partial charge < -0.3 is 10.6 Å². The smallest absolute Gasteiger partial charge is 0.293 e. The maximum Gasteiger partial charge on any atom is 0.293 e. The van der Waals surface area contributed by atoms with E-state index in [1.807, 2.05) is 36.9 Å². The molecule has 0 bridgehead atoms. The van der Waals surface area contributed by atoms with E-state index in [1.54, 1.807) is 10.7 Å². The van der Waals surface area contributed by atoms with Gasteiger partial charge in [0.2, 0.25) is 5.82 Å². The summed E-state index contributed by atoms with van der Waals surface area (Å²) >= 11 is 6.27. The highest BCUT2D eigenvalue weighted by Gasteiger charge is 2.34. The average molecular weight is 348 g/mol. The lowest BCUT2D eigenvalue weighted by molar-refractivity contribution is 0.0731. The quantitative estimate of drug-likeness (QED) is 0.920. The van der Waals surface area contributed by atoms with Crippen molar-refractivity contribution >= 4 is 17.5 Å². The lowest BCUT2D eigenvalue weighted by atomic mass is 10.1. The Balaban J connectivity index is 1.93. The van der Waals surface area contributed by atoms with Gasteiger partial charge in [-0.3, -0.25) is 4.79 Å². The van der Waals surface area contributed by atoms with Crippen LogP contribution in [0.5, 0.6) is 0 Å². The molecular weight excluding hydrogens is 326 g/mol. The Hall–Kier alpha value is -1.92. The first-order chi connectivity index (χ1) is 11.5. The molecule has 2 heterocycles. The van der Waals surface area contributed by atoms with E-state index in [9.17, 15) is 4.79 Å². The normalized spacial score (nSPS) is 20.6. The molecule has 2 atom stereocenters. The molecule has 1 amide bonds. The van der Waals surface area contributed by atoms with Crippen molar-refractivity contribution < 1.29 is 4.79 Å². The van der Waals surface area contributed by atoms with Gasteiger partial charge in [-0.1, -0.05) is 30.7 Å². The number of aromatic nitrogens is 3. The number of hydrogen-bond acceptors (Lipinski definition) is 4. The second-order valence-electron chi connectivity index (χ2n) is 6.21. The number of hydrogen-bond donors (Lipinski definition) is 1. The zero-order valence-corrected chi connectivity index (χ0v) is 14.7. The van der Waals surface area contributed by atoms with Crippen molar-refractivity contribution in [1.82, 2.24) is 19.7 Å². The fourth-order valence-corrected chi connectivity index (χ4v) is 3.42. The highest BCUT2D eigenvalue weighted by molar-refractivity contribution is 6.32. The Morgan fingerprint density at radius 3 is 2.79 bits per heavy atom. The van der Waals surface area contributed by atoms with Gasteiger partial charge in [0.25, 0.3) is 5.91 Å². The highest BCUT2D eigenvalue weighted by atomic mass is 35.5. The van der Waals surface area contributed by atoms with Crippen LogP contribution in [0.2, 0.25) is 5.02 Å². The molecule has 3 rings (SSSR count). The molecule has 1 aromatic carbocycles. The summed E-state index contributed by atoms with van der Waals surface area (Å²) < 4.78 is 1.66. The Labute approximate surface area is 146 Å². The van der Waals surface area contributed by atoms with Gasteiger partial charge in [0, 0.05) is 19.0 Å². The Morgan fingerprint density at radius 2 is 2.17 bits per heavy atom. The molecule has 7 heteroatoms. The van der Waals surface area contributed by atoms with Gasteiger partial charge in [0.15, 0.2) is 0 Å². The molecule has 1 aliphatic rings. The van der Waals surface area contributed by atoms with Crippen molar-refractivity contribution in [3.8, 4) is 5.69 Å². The van der Waals surface area contributed by atoms with Crippen molar-refractivity contribution in [1.29, 1.82) is 0 Å². The fraction of sp³-hybridized carbons (Fsp3) is 0.471. The third kappa shape index (κ3) is 3.03. The summed E-state index contributed by atoms with van der Waals surface area (Å²) in [4.78, 5) is 19.1. The van der Waals surface area contributed by atoms with Crippen LogP contribution in [-0.4, -0.2) is 44.7 Å². The number of amides is 1. The lowest BCUT2D eigenvalue weighted by Crippen LogP contribution is -2.35. The predicted molar refractivity (Wildman–Crippen MR) is 93.4 cm³/mol. The summed E-state index contributed by atoms with van der Waals surface area (Å²) in [6.45, 7) is 5.28. The Morgan fingerprint density at radius 1 is 1.42 bits per heavy atom. The van der Waals surface area contributed by atoms with Crippen LogP contribution < -0.4 is 5.73 Å². The van der Waals surface area contributed by atoms with Gasteiger partial charge >= 0.3 is 0 Å². The van der Waals surface area contributed by atoms with Gasteiger partial charge in [-0.2, -0.15) is 0 Å². The van der Waals surface area contributed by atoms with Crippen LogP contribution >= 0.6 is 11.6 Å². The first kappa shape index (κ1) is 16.9. The summed E-state index contributed by atoms with van der Waals surface area (Å²) in [6, 6.07) is 7.57. The maximum absolute atomic E-state index is 12.8. The number of rotatable bonds is 4. The van der Waals surface area contributed by atoms with E-state index in [1.165, 1.54) is 0 Å². The van der Waals surface area contributed by atoms with Crippen LogP contribution in [0.25, 0.3) is 5.69 Å². The van der Waals surface area contributed by atoms with Crippen molar-refractivity contribution in [2.75, 3.05) is 13.1 Å². The second kappa shape index (κ2) is 6.91. The summed E-state index contributed by atoms with van der Waals surface area (Å²) in [5.41, 5.74) is 6.48. The number of nitrogens with zero attached hydrogens (tertiary/aromatic N) is 4. The first-order valence-corrected chi connectivity index (χ1v) is 8.64. The SMILES string of the molecule is CCc1nc(C(=O)N2CC(CN)CC2C)nn1-c1ccccc1Cl. The third-order valence-electron chi connectivity index (χ3n) is 4.52. The van der Waals surface area contributed by atoms with Crippen molar-refractivity contribution in [2.45, 2.75) is 32.7 Å². The van der Waals surface area contributed by atoms with Crippen molar-refractivity contribution in [3.05, 3.63) is 40.9 Å². The molecule has 1 aromatic heterocycles. The standard InChI is InChI=1S/C17H22ClN5O/c1-3-15-20-16(17(24)22-10-12(9-19)8-11(22)2)21-23(15)14-7-5-4-6-13(14)18/h4-7,11-12H,3,8-10,19H2,1-2H3. The van der Waals surface area contributed by atoms with Gasteiger partial charge in [-0.15, -0.1) is 5.10 Å². The van der Waals surface area contributed by atoms with Gasteiger partial charge in [-0.25, -0.2) is 9.67 Å². The lowest BCUT2D eigenvalue weighted by Gasteiger charge is -2.19. The van der Waals surface area contributed by atoms with E-state index in [2.05, 4.69) is 10.1 Å². The van der Waals surface area contributed by atoms with E-state index < -0.39 is 0 Å². The molecule has 2 N–H and O–H groups in total. The molecular formula is C17H22ClN5O. The molecule has 0 aliphatic carbocycles. The van der Waals surface area contributed by atoms with Crippen molar-refractivity contribution in [3.63, 3.8) is 0 Å². The molecule has 0 radical (unpaired) electrons. The number of para-hydroxylation sites is 1. The van der Waals surface area contributed by atoms with E-state index in [0.29, 0.717) is 36.3 Å². The number of likely N-dealkylation sites (tertiary alicyclic amines) is 1. The van der Waals surface area contributed by atoms with Crippen LogP contribution in [0.3, 0.4) is 0 Å². The molecule has 1 fully saturated rings. The zero-order valence-electron chi connectivity index (χ0n) is 13.9. The van der Waals surface area contributed by atoms with Gasteiger partial charge in [0.1, 0.15) is 5.82 Å². The van der Waals surface area contributed by atoms with E-state index in [4.69, 9.17) is 17.3 Å². The molecule has 0 saturated carbocycles. The first-order valence-electron chi connectivity index (χ1n) is 8.27. The second-order valence-corrected chi connectivity index (χ2v) is 6.62. The van der Waals surface area contributed by atoms with Crippen molar-refractivity contribution in [2.24, 2.45) is 11.7 Å². The summed E-state index contributed by atoms with van der Waals surface area (Å²) in [5, 5.41) is 5.02. The monoisotopic (exact) mass is 347 g/mol. The van der Waals surface area contributed by atoms with Gasteiger partial charge in [-0.05, 0) is 37.9 Å². The van der Waals surface area contributed by atoms with Crippen LogP contribution in [0, 0.1) is 5.92 Å². The summed E-state index contributed by atoms with van der Waals surface area (Å²) in [6.07, 6.45) is 1.58. The minimum atomic E-state index is -0.140. The summed E-state index contributed by atoms with van der Waals surface area (Å²) in [5.74, 6) is 1.14. The molecule has 2 unspecified atom stereocenters. The highest BCUT2D eigenvalue weighted by Crippen LogP contribution is 2.25. The third-order valence-corrected chi connectivity index (χ3v) is 4.84. The van der Waals surface area contributed by atoms with Gasteiger partial charge in [0.05, 0.1) is 10.7 Å². The molecule has 128 valence electrons. The molecule has 1 aliphatic heterocycles. The topological polar surface area (TPSA) is 77.0 Å². The Bertz CT molecular complexity index is 744. The minimum absolute atomic E-state index is 0.140.